The molecular weight excluding hydrogens is 268 g/mol. The SMILES string of the molecule is COC1CCC(NC(=O)c2ccnc3c2ncn3C)CC1. The third kappa shape index (κ3) is 2.76. The van der Waals surface area contributed by atoms with E-state index in [4.69, 9.17) is 4.74 Å². The van der Waals surface area contributed by atoms with Crippen molar-refractivity contribution in [3.8, 4) is 0 Å². The van der Waals surface area contributed by atoms with Crippen molar-refractivity contribution in [1.82, 2.24) is 19.9 Å². The zero-order chi connectivity index (χ0) is 14.8. The van der Waals surface area contributed by atoms with E-state index in [0.29, 0.717) is 17.2 Å². The smallest absolute Gasteiger partial charge is 0.253 e. The normalized spacial score (nSPS) is 22.4. The average molecular weight is 288 g/mol. The molecule has 1 amide bonds. The molecule has 3 rings (SSSR count). The number of fused-ring (bicyclic) bond motifs is 1. The number of carbonyl (C=O) groups is 1. The molecule has 0 saturated heterocycles. The predicted octanol–water partition coefficient (Wildman–Crippen LogP) is 1.66. The first-order valence-electron chi connectivity index (χ1n) is 7.28. The standard InChI is InChI=1S/C15H20N4O2/c1-19-9-17-13-12(7-8-16-14(13)19)15(20)18-10-3-5-11(21-2)6-4-10/h7-11H,3-6H2,1-2H3,(H,18,20). The maximum absolute atomic E-state index is 12.5. The van der Waals surface area contributed by atoms with Crippen molar-refractivity contribution in [2.45, 2.75) is 37.8 Å². The van der Waals surface area contributed by atoms with E-state index in [1.807, 2.05) is 11.6 Å². The molecule has 6 heteroatoms. The highest BCUT2D eigenvalue weighted by atomic mass is 16.5. The lowest BCUT2D eigenvalue weighted by atomic mass is 9.93. The third-order valence-electron chi connectivity index (χ3n) is 4.19. The molecule has 0 aliphatic heterocycles. The Morgan fingerprint density at radius 1 is 1.33 bits per heavy atom. The van der Waals surface area contributed by atoms with Crippen LogP contribution in [0.25, 0.3) is 11.2 Å². The zero-order valence-electron chi connectivity index (χ0n) is 12.4. The van der Waals surface area contributed by atoms with Crippen LogP contribution in [0.4, 0.5) is 0 Å². The molecule has 0 radical (unpaired) electrons. The number of imidazole rings is 1. The van der Waals surface area contributed by atoms with Gasteiger partial charge in [0.1, 0.15) is 5.52 Å². The Labute approximate surface area is 123 Å². The molecule has 1 saturated carbocycles. The topological polar surface area (TPSA) is 69.0 Å². The number of aromatic nitrogens is 3. The van der Waals surface area contributed by atoms with Gasteiger partial charge >= 0.3 is 0 Å². The lowest BCUT2D eigenvalue weighted by Gasteiger charge is -2.28. The molecule has 2 aromatic rings. The summed E-state index contributed by atoms with van der Waals surface area (Å²) in [6.07, 6.45) is 7.58. The monoisotopic (exact) mass is 288 g/mol. The second-order valence-electron chi connectivity index (χ2n) is 5.57. The second-order valence-corrected chi connectivity index (χ2v) is 5.57. The summed E-state index contributed by atoms with van der Waals surface area (Å²) >= 11 is 0. The van der Waals surface area contributed by atoms with Crippen LogP contribution in [0.2, 0.25) is 0 Å². The summed E-state index contributed by atoms with van der Waals surface area (Å²) in [5.41, 5.74) is 1.98. The molecule has 1 aliphatic rings. The number of carbonyl (C=O) groups excluding carboxylic acids is 1. The number of pyridine rings is 1. The van der Waals surface area contributed by atoms with Crippen LogP contribution >= 0.6 is 0 Å². The average Bonchev–Trinajstić information content (AvgIpc) is 2.89. The van der Waals surface area contributed by atoms with Gasteiger partial charge in [-0.2, -0.15) is 0 Å². The Balaban J connectivity index is 1.73. The first-order chi connectivity index (χ1) is 10.2. The number of hydrogen-bond donors (Lipinski definition) is 1. The Bertz CT molecular complexity index is 644. The van der Waals surface area contributed by atoms with Gasteiger partial charge in [-0.15, -0.1) is 0 Å². The molecule has 0 aromatic carbocycles. The van der Waals surface area contributed by atoms with Crippen LogP contribution in [0, 0.1) is 0 Å². The molecule has 2 aromatic heterocycles. The van der Waals surface area contributed by atoms with Gasteiger partial charge in [-0.1, -0.05) is 0 Å². The van der Waals surface area contributed by atoms with Gasteiger partial charge in [-0.25, -0.2) is 9.97 Å². The first-order valence-corrected chi connectivity index (χ1v) is 7.28. The highest BCUT2D eigenvalue weighted by Gasteiger charge is 2.23. The number of amides is 1. The molecule has 0 unspecified atom stereocenters. The summed E-state index contributed by atoms with van der Waals surface area (Å²) in [4.78, 5) is 21.0. The van der Waals surface area contributed by atoms with E-state index in [1.165, 1.54) is 0 Å². The van der Waals surface area contributed by atoms with Crippen LogP contribution in [0.5, 0.6) is 0 Å². The molecule has 1 N–H and O–H groups in total. The maximum Gasteiger partial charge on any atom is 0.253 e. The Morgan fingerprint density at radius 2 is 2.10 bits per heavy atom. The molecule has 6 nitrogen and oxygen atoms in total. The van der Waals surface area contributed by atoms with E-state index in [-0.39, 0.29) is 11.9 Å². The van der Waals surface area contributed by atoms with Gasteiger partial charge in [-0.3, -0.25) is 4.79 Å². The zero-order valence-corrected chi connectivity index (χ0v) is 12.4. The van der Waals surface area contributed by atoms with Crippen molar-refractivity contribution in [3.05, 3.63) is 24.2 Å². The number of ether oxygens (including phenoxy) is 1. The van der Waals surface area contributed by atoms with Gasteiger partial charge < -0.3 is 14.6 Å². The Morgan fingerprint density at radius 3 is 2.81 bits per heavy atom. The lowest BCUT2D eigenvalue weighted by molar-refractivity contribution is 0.0599. The lowest BCUT2D eigenvalue weighted by Crippen LogP contribution is -2.39. The van der Waals surface area contributed by atoms with Gasteiger partial charge in [0.05, 0.1) is 18.0 Å². The van der Waals surface area contributed by atoms with Crippen molar-refractivity contribution in [2.75, 3.05) is 7.11 Å². The van der Waals surface area contributed by atoms with Gasteiger partial charge in [0.2, 0.25) is 0 Å². The number of nitrogens with zero attached hydrogens (tertiary/aromatic N) is 3. The molecule has 0 bridgehead atoms. The predicted molar refractivity (Wildman–Crippen MR) is 79.0 cm³/mol. The van der Waals surface area contributed by atoms with Crippen LogP contribution in [-0.2, 0) is 11.8 Å². The van der Waals surface area contributed by atoms with Crippen molar-refractivity contribution < 1.29 is 9.53 Å². The van der Waals surface area contributed by atoms with E-state index >= 15 is 0 Å². The summed E-state index contributed by atoms with van der Waals surface area (Å²) in [5, 5.41) is 3.11. The van der Waals surface area contributed by atoms with Crippen LogP contribution < -0.4 is 5.32 Å². The number of methoxy groups -OCH3 is 1. The number of rotatable bonds is 3. The second kappa shape index (κ2) is 5.81. The summed E-state index contributed by atoms with van der Waals surface area (Å²) in [6.45, 7) is 0. The summed E-state index contributed by atoms with van der Waals surface area (Å²) in [7, 11) is 3.62. The highest BCUT2D eigenvalue weighted by Crippen LogP contribution is 2.21. The van der Waals surface area contributed by atoms with E-state index in [2.05, 4.69) is 15.3 Å². The molecule has 112 valence electrons. The van der Waals surface area contributed by atoms with Gasteiger partial charge in [0, 0.05) is 26.4 Å². The third-order valence-corrected chi connectivity index (χ3v) is 4.19. The Kier molecular flexibility index (Phi) is 3.88. The van der Waals surface area contributed by atoms with Crippen molar-refractivity contribution in [2.24, 2.45) is 7.05 Å². The summed E-state index contributed by atoms with van der Waals surface area (Å²) < 4.78 is 7.17. The summed E-state index contributed by atoms with van der Waals surface area (Å²) in [5.74, 6) is -0.0676. The molecule has 0 spiro atoms. The van der Waals surface area contributed by atoms with E-state index in [1.54, 1.807) is 25.7 Å². The number of nitrogens with one attached hydrogen (secondary N) is 1. The fourth-order valence-electron chi connectivity index (χ4n) is 2.92. The summed E-state index contributed by atoms with van der Waals surface area (Å²) in [6, 6.07) is 1.95. The van der Waals surface area contributed by atoms with E-state index in [0.717, 1.165) is 31.3 Å². The molecule has 2 heterocycles. The van der Waals surface area contributed by atoms with Crippen molar-refractivity contribution >= 4 is 17.1 Å². The molecule has 0 atom stereocenters. The minimum Gasteiger partial charge on any atom is -0.381 e. The molecule has 1 aliphatic carbocycles. The van der Waals surface area contributed by atoms with Crippen LogP contribution in [-0.4, -0.2) is 39.7 Å². The minimum atomic E-state index is -0.0676. The number of aryl methyl sites for hydroxylation is 1. The fourth-order valence-corrected chi connectivity index (χ4v) is 2.92. The van der Waals surface area contributed by atoms with Gasteiger partial charge in [0.25, 0.3) is 5.91 Å². The molecule has 21 heavy (non-hydrogen) atoms. The van der Waals surface area contributed by atoms with Crippen LogP contribution in [0.3, 0.4) is 0 Å². The molecular formula is C15H20N4O2. The first kappa shape index (κ1) is 14.0. The van der Waals surface area contributed by atoms with Crippen molar-refractivity contribution in [3.63, 3.8) is 0 Å². The molecule has 1 fully saturated rings. The van der Waals surface area contributed by atoms with Gasteiger partial charge in [0.15, 0.2) is 5.65 Å². The largest absolute Gasteiger partial charge is 0.381 e. The maximum atomic E-state index is 12.5. The van der Waals surface area contributed by atoms with Crippen LogP contribution in [0.15, 0.2) is 18.6 Å². The van der Waals surface area contributed by atoms with E-state index < -0.39 is 0 Å². The minimum absolute atomic E-state index is 0.0676. The van der Waals surface area contributed by atoms with E-state index in [9.17, 15) is 4.79 Å². The number of hydrogen-bond acceptors (Lipinski definition) is 4. The quantitative estimate of drug-likeness (QED) is 0.932. The fraction of sp³-hybridized carbons (Fsp3) is 0.533. The Hall–Kier alpha value is -1.95. The van der Waals surface area contributed by atoms with Crippen molar-refractivity contribution in [1.29, 1.82) is 0 Å². The van der Waals surface area contributed by atoms with Gasteiger partial charge in [-0.05, 0) is 31.7 Å². The highest BCUT2D eigenvalue weighted by molar-refractivity contribution is 6.04. The van der Waals surface area contributed by atoms with Crippen LogP contribution in [0.1, 0.15) is 36.0 Å².